The third-order valence-electron chi connectivity index (χ3n) is 3.83. The van der Waals surface area contributed by atoms with Gasteiger partial charge in [-0.25, -0.2) is 9.78 Å². The van der Waals surface area contributed by atoms with Crippen molar-refractivity contribution in [2.24, 2.45) is 14.1 Å². The Labute approximate surface area is 146 Å². The molecule has 0 unspecified atom stereocenters. The number of benzene rings is 1. The molecule has 3 rings (SSSR count). The summed E-state index contributed by atoms with van der Waals surface area (Å²) in [6.45, 7) is 2.01. The van der Waals surface area contributed by atoms with Crippen molar-refractivity contribution in [1.29, 1.82) is 0 Å². The van der Waals surface area contributed by atoms with Gasteiger partial charge in [0.25, 0.3) is 0 Å². The molecule has 2 aromatic heterocycles. The van der Waals surface area contributed by atoms with Gasteiger partial charge in [-0.2, -0.15) is 0 Å². The van der Waals surface area contributed by atoms with Crippen molar-refractivity contribution in [3.05, 3.63) is 58.6 Å². The molecule has 0 amide bonds. The molecule has 1 aromatic carbocycles. The number of hydrogen-bond acceptors (Lipinski definition) is 4. The Hall–Kier alpha value is -2.31. The van der Waals surface area contributed by atoms with Crippen LogP contribution in [0.1, 0.15) is 5.56 Å². The van der Waals surface area contributed by atoms with Crippen molar-refractivity contribution in [1.82, 2.24) is 19.4 Å². The Bertz CT molecular complexity index is 858. The van der Waals surface area contributed by atoms with Gasteiger partial charge in [0.2, 0.25) is 5.88 Å². The Morgan fingerprint density at radius 3 is 2.67 bits per heavy atom. The summed E-state index contributed by atoms with van der Waals surface area (Å²) in [5.74, 6) is 0.634. The number of fused-ring (bicyclic) bond motifs is 1. The number of halogens is 1. The summed E-state index contributed by atoms with van der Waals surface area (Å²) in [5.41, 5.74) is 3.02. The van der Waals surface area contributed by atoms with Gasteiger partial charge in [0.05, 0.1) is 11.0 Å². The Morgan fingerprint density at radius 1 is 1.12 bits per heavy atom. The normalized spacial score (nSPS) is 10.6. The second-order valence-electron chi connectivity index (χ2n) is 5.42. The van der Waals surface area contributed by atoms with Crippen LogP contribution in [0.25, 0.3) is 11.0 Å². The maximum absolute atomic E-state index is 11.9. The first-order valence-corrected chi connectivity index (χ1v) is 7.55. The van der Waals surface area contributed by atoms with E-state index in [1.165, 1.54) is 0 Å². The van der Waals surface area contributed by atoms with Crippen LogP contribution in [0.2, 0.25) is 0 Å². The van der Waals surface area contributed by atoms with Crippen LogP contribution in [0.3, 0.4) is 0 Å². The minimum atomic E-state index is -0.00568. The molecule has 0 aliphatic rings. The number of ether oxygens (including phenoxy) is 1. The van der Waals surface area contributed by atoms with Gasteiger partial charge in [0.1, 0.15) is 6.61 Å². The lowest BCUT2D eigenvalue weighted by Gasteiger charge is -2.07. The molecule has 1 N–H and O–H groups in total. The van der Waals surface area contributed by atoms with Gasteiger partial charge in [-0.1, -0.05) is 12.1 Å². The zero-order chi connectivity index (χ0) is 16.2. The predicted octanol–water partition coefficient (Wildman–Crippen LogP) is 1.86. The Balaban J connectivity index is 0.00000208. The van der Waals surface area contributed by atoms with E-state index in [4.69, 9.17) is 4.74 Å². The summed E-state index contributed by atoms with van der Waals surface area (Å²) in [4.78, 5) is 16.0. The van der Waals surface area contributed by atoms with Gasteiger partial charge in [-0.15, -0.1) is 12.4 Å². The molecule has 0 saturated carbocycles. The molecule has 0 saturated heterocycles. The third kappa shape index (κ3) is 3.77. The highest BCUT2D eigenvalue weighted by Gasteiger charge is 2.07. The minimum Gasteiger partial charge on any atom is -0.476 e. The molecule has 0 radical (unpaired) electrons. The zero-order valence-corrected chi connectivity index (χ0v) is 14.5. The largest absolute Gasteiger partial charge is 0.476 e. The standard InChI is InChI=1S/C17H20N4O2.ClH/c1-20-14-7-6-13(11-15(14)21(2)17(20)22)12-18-9-10-23-16-5-3-4-8-19-16;/h3-8,11,18H,9-10,12H2,1-2H3;1H. The summed E-state index contributed by atoms with van der Waals surface area (Å²) >= 11 is 0. The van der Waals surface area contributed by atoms with E-state index < -0.39 is 0 Å². The van der Waals surface area contributed by atoms with Crippen LogP contribution >= 0.6 is 12.4 Å². The van der Waals surface area contributed by atoms with Crippen LogP contribution in [0.5, 0.6) is 5.88 Å². The van der Waals surface area contributed by atoms with E-state index in [0.29, 0.717) is 12.5 Å². The van der Waals surface area contributed by atoms with E-state index in [1.807, 2.05) is 36.4 Å². The maximum Gasteiger partial charge on any atom is 0.328 e. The van der Waals surface area contributed by atoms with Gasteiger partial charge >= 0.3 is 5.69 Å². The highest BCUT2D eigenvalue weighted by atomic mass is 35.5. The average Bonchev–Trinajstić information content (AvgIpc) is 2.80. The molecule has 0 spiro atoms. The van der Waals surface area contributed by atoms with E-state index in [0.717, 1.165) is 29.7 Å². The molecule has 0 aliphatic carbocycles. The van der Waals surface area contributed by atoms with Crippen molar-refractivity contribution in [2.45, 2.75) is 6.54 Å². The quantitative estimate of drug-likeness (QED) is 0.691. The molecule has 7 heteroatoms. The molecule has 128 valence electrons. The fourth-order valence-corrected chi connectivity index (χ4v) is 2.56. The van der Waals surface area contributed by atoms with Gasteiger partial charge in [0.15, 0.2) is 0 Å². The molecule has 2 heterocycles. The molecule has 0 atom stereocenters. The third-order valence-corrected chi connectivity index (χ3v) is 3.83. The summed E-state index contributed by atoms with van der Waals surface area (Å²) in [7, 11) is 3.58. The molecule has 0 fully saturated rings. The van der Waals surface area contributed by atoms with Gasteiger partial charge in [-0.3, -0.25) is 9.13 Å². The lowest BCUT2D eigenvalue weighted by molar-refractivity contribution is 0.302. The van der Waals surface area contributed by atoms with E-state index >= 15 is 0 Å². The number of aryl methyl sites for hydroxylation is 2. The highest BCUT2D eigenvalue weighted by Crippen LogP contribution is 2.13. The molecular formula is C17H21ClN4O2. The molecule has 0 bridgehead atoms. The fourth-order valence-electron chi connectivity index (χ4n) is 2.56. The average molecular weight is 349 g/mol. The second kappa shape index (κ2) is 7.99. The summed E-state index contributed by atoms with van der Waals surface area (Å²) in [5, 5.41) is 3.33. The highest BCUT2D eigenvalue weighted by molar-refractivity contribution is 5.85. The fraction of sp³-hybridized carbons (Fsp3) is 0.294. The van der Waals surface area contributed by atoms with Crippen LogP contribution in [-0.2, 0) is 20.6 Å². The van der Waals surface area contributed by atoms with Crippen molar-refractivity contribution in [2.75, 3.05) is 13.2 Å². The van der Waals surface area contributed by atoms with Crippen molar-refractivity contribution < 1.29 is 4.74 Å². The van der Waals surface area contributed by atoms with Gasteiger partial charge in [0, 0.05) is 39.4 Å². The van der Waals surface area contributed by atoms with E-state index in [-0.39, 0.29) is 18.1 Å². The van der Waals surface area contributed by atoms with Gasteiger partial charge in [-0.05, 0) is 23.8 Å². The maximum atomic E-state index is 11.9. The second-order valence-corrected chi connectivity index (χ2v) is 5.42. The van der Waals surface area contributed by atoms with Crippen LogP contribution in [0.15, 0.2) is 47.4 Å². The first kappa shape index (κ1) is 18.0. The number of pyridine rings is 1. The topological polar surface area (TPSA) is 61.1 Å². The first-order valence-electron chi connectivity index (χ1n) is 7.55. The van der Waals surface area contributed by atoms with E-state index in [9.17, 15) is 4.79 Å². The number of nitrogens with one attached hydrogen (secondary N) is 1. The molecule has 6 nitrogen and oxygen atoms in total. The summed E-state index contributed by atoms with van der Waals surface area (Å²) in [6, 6.07) is 11.7. The Morgan fingerprint density at radius 2 is 1.92 bits per heavy atom. The number of rotatable bonds is 6. The summed E-state index contributed by atoms with van der Waals surface area (Å²) < 4.78 is 8.86. The molecule has 0 aliphatic heterocycles. The lowest BCUT2D eigenvalue weighted by Crippen LogP contribution is -2.20. The van der Waals surface area contributed by atoms with Crippen LogP contribution in [0, 0.1) is 0 Å². The van der Waals surface area contributed by atoms with Gasteiger partial charge < -0.3 is 10.1 Å². The molecule has 24 heavy (non-hydrogen) atoms. The van der Waals surface area contributed by atoms with Crippen molar-refractivity contribution in [3.63, 3.8) is 0 Å². The van der Waals surface area contributed by atoms with E-state index in [1.54, 1.807) is 29.4 Å². The minimum absolute atomic E-state index is 0. The van der Waals surface area contributed by atoms with Crippen LogP contribution in [-0.4, -0.2) is 27.3 Å². The number of nitrogens with zero attached hydrogens (tertiary/aromatic N) is 3. The molecule has 3 aromatic rings. The number of imidazole rings is 1. The lowest BCUT2D eigenvalue weighted by atomic mass is 10.2. The number of hydrogen-bond donors (Lipinski definition) is 1. The van der Waals surface area contributed by atoms with Crippen molar-refractivity contribution >= 4 is 23.4 Å². The molecular weight excluding hydrogens is 328 g/mol. The van der Waals surface area contributed by atoms with E-state index in [2.05, 4.69) is 10.3 Å². The summed E-state index contributed by atoms with van der Waals surface area (Å²) in [6.07, 6.45) is 1.71. The predicted molar refractivity (Wildman–Crippen MR) is 96.8 cm³/mol. The smallest absolute Gasteiger partial charge is 0.328 e. The zero-order valence-electron chi connectivity index (χ0n) is 13.7. The monoisotopic (exact) mass is 348 g/mol. The SMILES string of the molecule is Cl.Cn1c(=O)n(C)c2cc(CNCCOc3ccccn3)ccc21. The van der Waals surface area contributed by atoms with Crippen molar-refractivity contribution in [3.8, 4) is 5.88 Å². The first-order chi connectivity index (χ1) is 11.2. The van der Waals surface area contributed by atoms with Crippen LogP contribution < -0.4 is 15.7 Å². The van der Waals surface area contributed by atoms with Crippen LogP contribution in [0.4, 0.5) is 0 Å². The number of aromatic nitrogens is 3. The Kier molecular flexibility index (Phi) is 6.00.